The van der Waals surface area contributed by atoms with Crippen LogP contribution in [0.4, 0.5) is 5.69 Å². The molecular weight excluding hydrogens is 220 g/mol. The van der Waals surface area contributed by atoms with Crippen LogP contribution in [0, 0.1) is 6.92 Å². The molecule has 2 heterocycles. The first kappa shape index (κ1) is 11.4. The molecule has 0 bridgehead atoms. The van der Waals surface area contributed by atoms with Gasteiger partial charge in [-0.3, -0.25) is 14.6 Å². The highest BCUT2D eigenvalue weighted by atomic mass is 16.2. The molecule has 90 valence electrons. The number of carbonyl (C=O) groups is 2. The van der Waals surface area contributed by atoms with Crippen LogP contribution in [0.3, 0.4) is 0 Å². The second-order valence-corrected chi connectivity index (χ2v) is 3.99. The van der Waals surface area contributed by atoms with Crippen LogP contribution in [0.5, 0.6) is 0 Å². The number of carbonyl (C=O) groups excluding carboxylic acids is 2. The summed E-state index contributed by atoms with van der Waals surface area (Å²) in [6.45, 7) is 2.85. The van der Waals surface area contributed by atoms with E-state index in [0.717, 1.165) is 5.69 Å². The van der Waals surface area contributed by atoms with Crippen LogP contribution < -0.4 is 11.1 Å². The summed E-state index contributed by atoms with van der Waals surface area (Å²) < 4.78 is 0. The maximum Gasteiger partial charge on any atom is 0.258 e. The zero-order valence-corrected chi connectivity index (χ0v) is 9.56. The number of nitrogens with two attached hydrogens (primary N) is 1. The standard InChI is InChI=1S/C11H14N4O2/c1-7-4-9(12)8(5-14-7)11(17)15-3-2-13-10(16)6-15/h4-5H,2-3,6H2,1H3,(H2,12,14)(H,13,16). The predicted octanol–water partition coefficient (Wildman–Crippen LogP) is -0.456. The van der Waals surface area contributed by atoms with Gasteiger partial charge in [0.05, 0.1) is 12.1 Å². The van der Waals surface area contributed by atoms with Gasteiger partial charge in [0, 0.05) is 30.7 Å². The van der Waals surface area contributed by atoms with Crippen molar-refractivity contribution in [1.82, 2.24) is 15.2 Å². The lowest BCUT2D eigenvalue weighted by Crippen LogP contribution is -2.50. The fourth-order valence-electron chi connectivity index (χ4n) is 1.74. The van der Waals surface area contributed by atoms with Crippen molar-refractivity contribution in [2.24, 2.45) is 0 Å². The lowest BCUT2D eigenvalue weighted by atomic mass is 10.2. The molecule has 0 spiro atoms. The van der Waals surface area contributed by atoms with Gasteiger partial charge in [0.15, 0.2) is 0 Å². The molecule has 6 heteroatoms. The summed E-state index contributed by atoms with van der Waals surface area (Å²) in [6.07, 6.45) is 1.46. The first-order chi connectivity index (χ1) is 8.08. The van der Waals surface area contributed by atoms with Gasteiger partial charge in [-0.1, -0.05) is 0 Å². The summed E-state index contributed by atoms with van der Waals surface area (Å²) >= 11 is 0. The molecule has 6 nitrogen and oxygen atoms in total. The highest BCUT2D eigenvalue weighted by Gasteiger charge is 2.23. The molecule has 1 saturated heterocycles. The minimum atomic E-state index is -0.246. The van der Waals surface area contributed by atoms with Crippen molar-refractivity contribution in [3.05, 3.63) is 23.5 Å². The molecule has 1 aromatic rings. The van der Waals surface area contributed by atoms with Crippen molar-refractivity contribution < 1.29 is 9.59 Å². The topological polar surface area (TPSA) is 88.3 Å². The van der Waals surface area contributed by atoms with Crippen LogP contribution in [-0.2, 0) is 4.79 Å². The Labute approximate surface area is 98.8 Å². The minimum Gasteiger partial charge on any atom is -0.398 e. The number of hydrogen-bond acceptors (Lipinski definition) is 4. The minimum absolute atomic E-state index is 0.0755. The Morgan fingerprint density at radius 3 is 3.00 bits per heavy atom. The third kappa shape index (κ3) is 2.35. The van der Waals surface area contributed by atoms with Crippen LogP contribution in [0.1, 0.15) is 16.1 Å². The molecule has 0 saturated carbocycles. The lowest BCUT2D eigenvalue weighted by Gasteiger charge is -2.26. The molecule has 0 atom stereocenters. The number of amides is 2. The smallest absolute Gasteiger partial charge is 0.258 e. The van der Waals surface area contributed by atoms with Gasteiger partial charge in [-0.2, -0.15) is 0 Å². The monoisotopic (exact) mass is 234 g/mol. The van der Waals surface area contributed by atoms with E-state index in [1.54, 1.807) is 13.0 Å². The van der Waals surface area contributed by atoms with Gasteiger partial charge >= 0.3 is 0 Å². The third-order valence-corrected chi connectivity index (χ3v) is 2.63. The van der Waals surface area contributed by atoms with Gasteiger partial charge in [-0.05, 0) is 13.0 Å². The van der Waals surface area contributed by atoms with Crippen LogP contribution in [0.25, 0.3) is 0 Å². The molecule has 1 fully saturated rings. The molecule has 0 radical (unpaired) electrons. The van der Waals surface area contributed by atoms with Gasteiger partial charge in [0.1, 0.15) is 0 Å². The largest absolute Gasteiger partial charge is 0.398 e. The molecule has 17 heavy (non-hydrogen) atoms. The fourth-order valence-corrected chi connectivity index (χ4v) is 1.74. The van der Waals surface area contributed by atoms with Crippen LogP contribution in [0.2, 0.25) is 0 Å². The van der Waals surface area contributed by atoms with E-state index in [4.69, 9.17) is 5.73 Å². The molecule has 2 rings (SSSR count). The number of aromatic nitrogens is 1. The van der Waals surface area contributed by atoms with Crippen molar-refractivity contribution in [3.63, 3.8) is 0 Å². The summed E-state index contributed by atoms with van der Waals surface area (Å²) in [5.41, 5.74) is 7.28. The van der Waals surface area contributed by atoms with Gasteiger partial charge in [0.25, 0.3) is 5.91 Å². The van der Waals surface area contributed by atoms with Gasteiger partial charge in [-0.25, -0.2) is 0 Å². The van der Waals surface area contributed by atoms with E-state index in [1.807, 2.05) is 0 Å². The molecular formula is C11H14N4O2. The Balaban J connectivity index is 2.21. The number of hydrogen-bond donors (Lipinski definition) is 2. The molecule has 3 N–H and O–H groups in total. The first-order valence-electron chi connectivity index (χ1n) is 5.36. The molecule has 0 unspecified atom stereocenters. The summed E-state index contributed by atoms with van der Waals surface area (Å²) in [7, 11) is 0. The van der Waals surface area contributed by atoms with Crippen molar-refractivity contribution in [2.45, 2.75) is 6.92 Å². The van der Waals surface area contributed by atoms with E-state index < -0.39 is 0 Å². The second-order valence-electron chi connectivity index (χ2n) is 3.99. The van der Waals surface area contributed by atoms with Gasteiger partial charge in [-0.15, -0.1) is 0 Å². The summed E-state index contributed by atoms with van der Waals surface area (Å²) in [5, 5.41) is 2.66. The average Bonchev–Trinajstić information content (AvgIpc) is 2.28. The SMILES string of the molecule is Cc1cc(N)c(C(=O)N2CCNC(=O)C2)cn1. The Bertz CT molecular complexity index is 473. The van der Waals surface area contributed by atoms with Crippen LogP contribution in [-0.4, -0.2) is 41.3 Å². The normalized spacial score (nSPS) is 15.6. The zero-order valence-electron chi connectivity index (χ0n) is 9.56. The van der Waals surface area contributed by atoms with Crippen LogP contribution >= 0.6 is 0 Å². The van der Waals surface area contributed by atoms with Crippen molar-refractivity contribution >= 4 is 17.5 Å². The van der Waals surface area contributed by atoms with E-state index in [2.05, 4.69) is 10.3 Å². The number of piperazine rings is 1. The molecule has 0 aliphatic carbocycles. The van der Waals surface area contributed by atoms with E-state index in [1.165, 1.54) is 11.1 Å². The number of nitrogens with zero attached hydrogens (tertiary/aromatic N) is 2. The molecule has 1 aliphatic rings. The zero-order chi connectivity index (χ0) is 12.4. The highest BCUT2D eigenvalue weighted by Crippen LogP contribution is 2.14. The number of pyridine rings is 1. The van der Waals surface area contributed by atoms with Crippen molar-refractivity contribution in [3.8, 4) is 0 Å². The summed E-state index contributed by atoms with van der Waals surface area (Å²) in [5.74, 6) is -0.395. The molecule has 1 aliphatic heterocycles. The Morgan fingerprint density at radius 1 is 1.59 bits per heavy atom. The number of anilines is 1. The molecule has 2 amide bonds. The number of nitrogens with one attached hydrogen (secondary N) is 1. The first-order valence-corrected chi connectivity index (χ1v) is 5.36. The predicted molar refractivity (Wildman–Crippen MR) is 62.3 cm³/mol. The number of nitrogen functional groups attached to an aromatic ring is 1. The van der Waals surface area contributed by atoms with Crippen LogP contribution in [0.15, 0.2) is 12.3 Å². The Hall–Kier alpha value is -2.11. The maximum atomic E-state index is 12.1. The van der Waals surface area contributed by atoms with Crippen molar-refractivity contribution in [1.29, 1.82) is 0 Å². The van der Waals surface area contributed by atoms with E-state index in [9.17, 15) is 9.59 Å². The fraction of sp³-hybridized carbons (Fsp3) is 0.364. The number of rotatable bonds is 1. The second kappa shape index (κ2) is 4.40. The Kier molecular flexibility index (Phi) is 2.95. The average molecular weight is 234 g/mol. The Morgan fingerprint density at radius 2 is 2.35 bits per heavy atom. The van der Waals surface area contributed by atoms with Gasteiger partial charge in [0.2, 0.25) is 5.91 Å². The lowest BCUT2D eigenvalue weighted by molar-refractivity contribution is -0.123. The number of aryl methyl sites for hydroxylation is 1. The summed E-state index contributed by atoms with van der Waals surface area (Å²) in [6, 6.07) is 1.65. The quantitative estimate of drug-likeness (QED) is 0.688. The van der Waals surface area contributed by atoms with E-state index in [-0.39, 0.29) is 18.4 Å². The van der Waals surface area contributed by atoms with E-state index >= 15 is 0 Å². The van der Waals surface area contributed by atoms with Gasteiger partial charge < -0.3 is 16.0 Å². The van der Waals surface area contributed by atoms with Crippen molar-refractivity contribution in [2.75, 3.05) is 25.4 Å². The third-order valence-electron chi connectivity index (χ3n) is 2.63. The molecule has 0 aromatic carbocycles. The highest BCUT2D eigenvalue weighted by molar-refractivity contribution is 6.00. The van der Waals surface area contributed by atoms with E-state index in [0.29, 0.717) is 24.3 Å². The maximum absolute atomic E-state index is 12.1. The summed E-state index contributed by atoms with van der Waals surface area (Å²) in [4.78, 5) is 28.8. The molecule has 1 aromatic heterocycles.